The number of benzene rings is 1. The highest BCUT2D eigenvalue weighted by Crippen LogP contribution is 2.31. The molecule has 35 heavy (non-hydrogen) atoms. The zero-order valence-corrected chi connectivity index (χ0v) is 19.4. The molecule has 2 aliphatic heterocycles. The van der Waals surface area contributed by atoms with E-state index in [4.69, 9.17) is 4.74 Å². The van der Waals surface area contributed by atoms with E-state index in [9.17, 15) is 14.4 Å². The highest BCUT2D eigenvalue weighted by Gasteiger charge is 2.36. The number of rotatable bonds is 4. The number of aryl methyl sites for hydroxylation is 1. The van der Waals surface area contributed by atoms with Crippen molar-refractivity contribution in [2.45, 2.75) is 32.4 Å². The summed E-state index contributed by atoms with van der Waals surface area (Å²) in [6, 6.07) is 5.05. The molecule has 4 heterocycles. The van der Waals surface area contributed by atoms with E-state index in [0.717, 1.165) is 17.7 Å². The molecule has 2 saturated heterocycles. The lowest BCUT2D eigenvalue weighted by Crippen LogP contribution is -2.59. The molecule has 0 spiro atoms. The van der Waals surface area contributed by atoms with Crippen LogP contribution in [-0.4, -0.2) is 84.7 Å². The van der Waals surface area contributed by atoms with Crippen molar-refractivity contribution < 1.29 is 13.9 Å². The molecule has 0 radical (unpaired) electrons. The summed E-state index contributed by atoms with van der Waals surface area (Å²) in [6.07, 6.45) is 3.03. The lowest BCUT2D eigenvalue weighted by molar-refractivity contribution is -0.139. The second-order valence-electron chi connectivity index (χ2n) is 8.77. The Morgan fingerprint density at radius 1 is 1.29 bits per heavy atom. The number of halogens is 1. The predicted octanol–water partition coefficient (Wildman–Crippen LogP) is 0.907. The lowest BCUT2D eigenvalue weighted by Gasteiger charge is -2.46. The van der Waals surface area contributed by atoms with Gasteiger partial charge in [-0.1, -0.05) is 6.07 Å². The number of hydrogen-bond donors (Lipinski definition) is 0. The van der Waals surface area contributed by atoms with Gasteiger partial charge in [-0.25, -0.2) is 14.4 Å². The molecule has 2 fully saturated rings. The number of ether oxygens (including phenoxy) is 1. The molecule has 180 valence electrons. The molecule has 12 heteroatoms. The van der Waals surface area contributed by atoms with Crippen LogP contribution in [0.25, 0.3) is 5.95 Å². The van der Waals surface area contributed by atoms with Crippen LogP contribution in [-0.2, 0) is 16.0 Å². The molecule has 2 atom stereocenters. The van der Waals surface area contributed by atoms with Crippen LogP contribution >= 0.6 is 0 Å². The first-order valence-corrected chi connectivity index (χ1v) is 11.3. The van der Waals surface area contributed by atoms with Crippen molar-refractivity contribution in [2.75, 3.05) is 32.8 Å². The van der Waals surface area contributed by atoms with E-state index >= 15 is 0 Å². The van der Waals surface area contributed by atoms with E-state index in [-0.39, 0.29) is 30.0 Å². The van der Waals surface area contributed by atoms with E-state index in [2.05, 4.69) is 30.4 Å². The molecule has 0 bridgehead atoms. The number of piperazine rings is 1. The van der Waals surface area contributed by atoms with E-state index in [0.29, 0.717) is 43.4 Å². The Bertz CT molecular complexity index is 1290. The standard InChI is InChI=1S/C23H24FN9O2/c1-14-18(3-4-20(24)19(14)8-25)21-11-31-5-6-32(10-17(31)12-35-21)22(34)7-16-9-26-23(28-15(16)2)33-13-27-29-30-33/h3-4,9,13,17,21H,5-7,10-12H2,1-2H3/t17-,21+/m1/s1. The van der Waals surface area contributed by atoms with Gasteiger partial charge in [0, 0.05) is 43.6 Å². The number of carbonyl (C=O) groups is 1. The summed E-state index contributed by atoms with van der Waals surface area (Å²) in [5, 5.41) is 20.2. The fraction of sp³-hybridized carbons (Fsp3) is 0.435. The number of morpholine rings is 1. The van der Waals surface area contributed by atoms with Gasteiger partial charge in [-0.3, -0.25) is 9.69 Å². The summed E-state index contributed by atoms with van der Waals surface area (Å²) in [5.74, 6) is -0.147. The summed E-state index contributed by atoms with van der Waals surface area (Å²) < 4.78 is 21.4. The average molecular weight is 478 g/mol. The van der Waals surface area contributed by atoms with Crippen LogP contribution in [0.3, 0.4) is 0 Å². The van der Waals surface area contributed by atoms with Gasteiger partial charge in [0.15, 0.2) is 0 Å². The minimum atomic E-state index is -0.514. The van der Waals surface area contributed by atoms with Crippen molar-refractivity contribution in [3.63, 3.8) is 0 Å². The number of nitriles is 1. The molecule has 0 aliphatic carbocycles. The minimum Gasteiger partial charge on any atom is -0.370 e. The topological polar surface area (TPSA) is 126 Å². The van der Waals surface area contributed by atoms with Gasteiger partial charge >= 0.3 is 0 Å². The third kappa shape index (κ3) is 4.48. The maximum Gasteiger partial charge on any atom is 0.253 e. The smallest absolute Gasteiger partial charge is 0.253 e. The van der Waals surface area contributed by atoms with Crippen molar-refractivity contribution >= 4 is 5.91 Å². The Hall–Kier alpha value is -3.82. The Morgan fingerprint density at radius 2 is 2.14 bits per heavy atom. The number of hydrogen-bond acceptors (Lipinski definition) is 9. The van der Waals surface area contributed by atoms with Crippen molar-refractivity contribution in [2.24, 2.45) is 0 Å². The number of tetrazole rings is 1. The second kappa shape index (κ2) is 9.44. The molecule has 2 aliphatic rings. The van der Waals surface area contributed by atoms with Gasteiger partial charge < -0.3 is 9.64 Å². The normalized spacial score (nSPS) is 20.3. The molecule has 3 aromatic rings. The van der Waals surface area contributed by atoms with Crippen molar-refractivity contribution in [3.05, 3.63) is 58.4 Å². The number of amides is 1. The summed E-state index contributed by atoms with van der Waals surface area (Å²) >= 11 is 0. The number of nitrogens with zero attached hydrogens (tertiary/aromatic N) is 9. The van der Waals surface area contributed by atoms with E-state index in [1.165, 1.54) is 17.1 Å². The third-order valence-corrected chi connectivity index (χ3v) is 6.73. The summed E-state index contributed by atoms with van der Waals surface area (Å²) in [6.45, 7) is 6.57. The zero-order valence-electron chi connectivity index (χ0n) is 19.4. The van der Waals surface area contributed by atoms with Crippen molar-refractivity contribution in [1.82, 2.24) is 40.0 Å². The first-order chi connectivity index (χ1) is 16.9. The summed E-state index contributed by atoms with van der Waals surface area (Å²) in [7, 11) is 0. The fourth-order valence-electron chi connectivity index (χ4n) is 4.67. The largest absolute Gasteiger partial charge is 0.370 e. The highest BCUT2D eigenvalue weighted by atomic mass is 19.1. The first kappa shape index (κ1) is 22.9. The van der Waals surface area contributed by atoms with Gasteiger partial charge in [0.05, 0.1) is 30.7 Å². The molecule has 1 aromatic carbocycles. The van der Waals surface area contributed by atoms with Crippen molar-refractivity contribution in [3.8, 4) is 12.0 Å². The Morgan fingerprint density at radius 3 is 2.89 bits per heavy atom. The van der Waals surface area contributed by atoms with Gasteiger partial charge in [-0.2, -0.15) is 9.94 Å². The van der Waals surface area contributed by atoms with Gasteiger partial charge in [-0.05, 0) is 41.5 Å². The van der Waals surface area contributed by atoms with Gasteiger partial charge in [0.2, 0.25) is 5.91 Å². The number of fused-ring (bicyclic) bond motifs is 1. The molecular weight excluding hydrogens is 453 g/mol. The van der Waals surface area contributed by atoms with Crippen LogP contribution in [0.1, 0.15) is 34.1 Å². The number of aromatic nitrogens is 6. The van der Waals surface area contributed by atoms with E-state index in [1.807, 2.05) is 17.9 Å². The fourth-order valence-corrected chi connectivity index (χ4v) is 4.67. The van der Waals surface area contributed by atoms with Gasteiger partial charge in [-0.15, -0.1) is 5.10 Å². The zero-order chi connectivity index (χ0) is 24.5. The predicted molar refractivity (Wildman–Crippen MR) is 120 cm³/mol. The van der Waals surface area contributed by atoms with Gasteiger partial charge in [0.25, 0.3) is 5.95 Å². The van der Waals surface area contributed by atoms with E-state index < -0.39 is 5.82 Å². The second-order valence-corrected chi connectivity index (χ2v) is 8.77. The highest BCUT2D eigenvalue weighted by molar-refractivity contribution is 5.79. The van der Waals surface area contributed by atoms with Crippen molar-refractivity contribution in [1.29, 1.82) is 5.26 Å². The molecule has 2 aromatic heterocycles. The summed E-state index contributed by atoms with van der Waals surface area (Å²) in [4.78, 5) is 25.9. The van der Waals surface area contributed by atoms with Crippen LogP contribution < -0.4 is 0 Å². The number of carbonyl (C=O) groups excluding carboxylic acids is 1. The SMILES string of the molecule is Cc1nc(-n2cnnn2)ncc1CC(=O)N1CCN2C[C@@H](c3ccc(F)c(C#N)c3C)OC[C@H]2C1. The molecule has 11 nitrogen and oxygen atoms in total. The van der Waals surface area contributed by atoms with Crippen LogP contribution in [0, 0.1) is 31.0 Å². The third-order valence-electron chi connectivity index (χ3n) is 6.73. The Balaban J connectivity index is 1.21. The monoisotopic (exact) mass is 477 g/mol. The van der Waals surface area contributed by atoms with Crippen LogP contribution in [0.15, 0.2) is 24.7 Å². The Labute approximate surface area is 201 Å². The van der Waals surface area contributed by atoms with Crippen LogP contribution in [0.4, 0.5) is 4.39 Å². The molecular formula is C23H24FN9O2. The molecule has 0 unspecified atom stereocenters. The first-order valence-electron chi connectivity index (χ1n) is 11.3. The van der Waals surface area contributed by atoms with Gasteiger partial charge in [0.1, 0.15) is 18.2 Å². The minimum absolute atomic E-state index is 0.0155. The molecule has 1 amide bonds. The summed E-state index contributed by atoms with van der Waals surface area (Å²) in [5.41, 5.74) is 2.98. The Kier molecular flexibility index (Phi) is 6.19. The lowest BCUT2D eigenvalue weighted by atomic mass is 9.96. The molecule has 0 saturated carbocycles. The van der Waals surface area contributed by atoms with E-state index in [1.54, 1.807) is 19.2 Å². The molecule has 0 N–H and O–H groups in total. The van der Waals surface area contributed by atoms with Crippen LogP contribution in [0.2, 0.25) is 0 Å². The average Bonchev–Trinajstić information content (AvgIpc) is 3.40. The maximum absolute atomic E-state index is 13.9. The maximum atomic E-state index is 13.9. The van der Waals surface area contributed by atoms with Crippen LogP contribution in [0.5, 0.6) is 0 Å². The quantitative estimate of drug-likeness (QED) is 0.539. The molecule has 5 rings (SSSR count).